The minimum atomic E-state index is 0.659. The summed E-state index contributed by atoms with van der Waals surface area (Å²) in [5, 5.41) is 4.47. The Bertz CT molecular complexity index is 484. The zero-order valence-electron chi connectivity index (χ0n) is 13.2. The van der Waals surface area contributed by atoms with E-state index in [-0.39, 0.29) is 0 Å². The van der Waals surface area contributed by atoms with Gasteiger partial charge in [-0.2, -0.15) is 0 Å². The Morgan fingerprint density at radius 2 is 2.05 bits per heavy atom. The van der Waals surface area contributed by atoms with E-state index in [0.717, 1.165) is 23.5 Å². The maximum Gasteiger partial charge on any atom is 0.0426 e. The first kappa shape index (κ1) is 15.2. The van der Waals surface area contributed by atoms with Crippen LogP contribution in [0.5, 0.6) is 0 Å². The van der Waals surface area contributed by atoms with E-state index >= 15 is 0 Å². The summed E-state index contributed by atoms with van der Waals surface area (Å²) in [6.45, 7) is 3.34. The molecule has 0 heterocycles. The summed E-state index contributed by atoms with van der Waals surface area (Å²) in [5.74, 6) is 0.846. The second-order valence-corrected chi connectivity index (χ2v) is 7.40. The minimum Gasteiger partial charge on any atom is -0.371 e. The predicted octanol–water partition coefficient (Wildman–Crippen LogP) is 4.61. The van der Waals surface area contributed by atoms with Crippen molar-refractivity contribution < 1.29 is 0 Å². The minimum absolute atomic E-state index is 0.659. The summed E-state index contributed by atoms with van der Waals surface area (Å²) < 4.78 is 0. The van der Waals surface area contributed by atoms with Crippen molar-refractivity contribution in [1.29, 1.82) is 0 Å². The fourth-order valence-electron chi connectivity index (χ4n) is 3.51. The molecule has 0 bridgehead atoms. The average Bonchev–Trinajstić information content (AvgIpc) is 3.29. The zero-order valence-corrected chi connectivity index (χ0v) is 14.0. The lowest BCUT2D eigenvalue weighted by molar-refractivity contribution is 0.336. The molecule has 0 spiro atoms. The van der Waals surface area contributed by atoms with Gasteiger partial charge in [-0.1, -0.05) is 37.4 Å². The highest BCUT2D eigenvalue weighted by Gasteiger charge is 2.25. The molecule has 0 aliphatic heterocycles. The van der Waals surface area contributed by atoms with Crippen LogP contribution < -0.4 is 10.2 Å². The Morgan fingerprint density at radius 1 is 1.24 bits per heavy atom. The number of halogens is 1. The van der Waals surface area contributed by atoms with E-state index in [1.165, 1.54) is 49.8 Å². The van der Waals surface area contributed by atoms with E-state index in [2.05, 4.69) is 36.3 Å². The number of nitrogens with zero attached hydrogens (tertiary/aromatic N) is 1. The lowest BCUT2D eigenvalue weighted by Crippen LogP contribution is -2.36. The first-order chi connectivity index (χ1) is 10.1. The fraction of sp³-hybridized carbons (Fsp3) is 0.667. The Morgan fingerprint density at radius 3 is 2.76 bits per heavy atom. The van der Waals surface area contributed by atoms with E-state index in [1.807, 2.05) is 6.07 Å². The summed E-state index contributed by atoms with van der Waals surface area (Å²) in [7, 11) is 2.25. The maximum atomic E-state index is 6.26. The van der Waals surface area contributed by atoms with Crippen molar-refractivity contribution in [2.75, 3.05) is 11.9 Å². The Kier molecular flexibility index (Phi) is 4.75. The molecule has 1 aromatic rings. The first-order valence-corrected chi connectivity index (χ1v) is 8.76. The zero-order chi connectivity index (χ0) is 14.8. The third-order valence-electron chi connectivity index (χ3n) is 5.04. The van der Waals surface area contributed by atoms with Crippen LogP contribution >= 0.6 is 11.6 Å². The van der Waals surface area contributed by atoms with Crippen molar-refractivity contribution in [3.05, 3.63) is 28.8 Å². The van der Waals surface area contributed by atoms with Crippen molar-refractivity contribution in [2.45, 2.75) is 64.1 Å². The van der Waals surface area contributed by atoms with Gasteiger partial charge in [-0.15, -0.1) is 0 Å². The molecule has 0 saturated heterocycles. The van der Waals surface area contributed by atoms with Crippen molar-refractivity contribution in [3.8, 4) is 0 Å². The van der Waals surface area contributed by atoms with E-state index < -0.39 is 0 Å². The Balaban J connectivity index is 1.75. The second-order valence-electron chi connectivity index (χ2n) is 6.96. The highest BCUT2D eigenvalue weighted by molar-refractivity contribution is 6.30. The molecule has 2 saturated carbocycles. The molecule has 3 rings (SSSR count). The van der Waals surface area contributed by atoms with E-state index in [0.29, 0.717) is 6.04 Å². The molecule has 2 nitrogen and oxygen atoms in total. The molecular formula is C18H27ClN2. The van der Waals surface area contributed by atoms with Gasteiger partial charge in [0, 0.05) is 36.4 Å². The third kappa shape index (κ3) is 3.92. The molecule has 2 unspecified atom stereocenters. The number of benzene rings is 1. The molecule has 0 amide bonds. The summed E-state index contributed by atoms with van der Waals surface area (Å²) in [6, 6.07) is 7.76. The Labute approximate surface area is 133 Å². The lowest BCUT2D eigenvalue weighted by atomic mass is 9.86. The SMILES string of the molecule is CC1CCCC(N(C)c2cc(Cl)ccc2CNC2CC2)C1. The number of anilines is 1. The smallest absolute Gasteiger partial charge is 0.0426 e. The highest BCUT2D eigenvalue weighted by atomic mass is 35.5. The van der Waals surface area contributed by atoms with Crippen LogP contribution in [0.1, 0.15) is 51.0 Å². The molecule has 2 aliphatic rings. The summed E-state index contributed by atoms with van der Waals surface area (Å²) >= 11 is 6.26. The first-order valence-electron chi connectivity index (χ1n) is 8.38. The summed E-state index contributed by atoms with van der Waals surface area (Å²) in [5.41, 5.74) is 2.70. The van der Waals surface area contributed by atoms with Gasteiger partial charge in [0.1, 0.15) is 0 Å². The van der Waals surface area contributed by atoms with Crippen molar-refractivity contribution in [3.63, 3.8) is 0 Å². The van der Waals surface area contributed by atoms with Gasteiger partial charge in [0.05, 0.1) is 0 Å². The van der Waals surface area contributed by atoms with Gasteiger partial charge < -0.3 is 10.2 Å². The molecule has 1 N–H and O–H groups in total. The van der Waals surface area contributed by atoms with Crippen LogP contribution in [0.3, 0.4) is 0 Å². The van der Waals surface area contributed by atoms with Crippen LogP contribution in [0.2, 0.25) is 5.02 Å². The molecule has 116 valence electrons. The average molecular weight is 307 g/mol. The van der Waals surface area contributed by atoms with Gasteiger partial charge in [0.25, 0.3) is 0 Å². The molecular weight excluding hydrogens is 280 g/mol. The molecule has 0 radical (unpaired) electrons. The van der Waals surface area contributed by atoms with Gasteiger partial charge in [0.15, 0.2) is 0 Å². The standard InChI is InChI=1S/C18H27ClN2/c1-13-4-3-5-17(10-13)21(2)18-11-15(19)7-6-14(18)12-20-16-8-9-16/h6-7,11,13,16-17,20H,3-5,8-10,12H2,1-2H3. The monoisotopic (exact) mass is 306 g/mol. The Hall–Kier alpha value is -0.730. The van der Waals surface area contributed by atoms with E-state index in [9.17, 15) is 0 Å². The number of hydrogen-bond donors (Lipinski definition) is 1. The fourth-order valence-corrected chi connectivity index (χ4v) is 3.67. The number of nitrogens with one attached hydrogen (secondary N) is 1. The van der Waals surface area contributed by atoms with E-state index in [1.54, 1.807) is 0 Å². The van der Waals surface area contributed by atoms with Crippen molar-refractivity contribution >= 4 is 17.3 Å². The highest BCUT2D eigenvalue weighted by Crippen LogP contribution is 2.33. The van der Waals surface area contributed by atoms with Gasteiger partial charge >= 0.3 is 0 Å². The quantitative estimate of drug-likeness (QED) is 0.855. The van der Waals surface area contributed by atoms with Crippen LogP contribution in [0.25, 0.3) is 0 Å². The molecule has 0 aromatic heterocycles. The normalized spacial score (nSPS) is 25.9. The van der Waals surface area contributed by atoms with Crippen LogP contribution in [0, 0.1) is 5.92 Å². The van der Waals surface area contributed by atoms with Crippen molar-refractivity contribution in [2.24, 2.45) is 5.92 Å². The summed E-state index contributed by atoms with van der Waals surface area (Å²) in [4.78, 5) is 2.48. The summed E-state index contributed by atoms with van der Waals surface area (Å²) in [6.07, 6.45) is 8.02. The van der Waals surface area contributed by atoms with E-state index in [4.69, 9.17) is 11.6 Å². The molecule has 2 aliphatic carbocycles. The van der Waals surface area contributed by atoms with Crippen molar-refractivity contribution in [1.82, 2.24) is 5.32 Å². The van der Waals surface area contributed by atoms with Gasteiger partial charge in [0.2, 0.25) is 0 Å². The predicted molar refractivity (Wildman–Crippen MR) is 91.1 cm³/mol. The van der Waals surface area contributed by atoms with Gasteiger partial charge in [-0.25, -0.2) is 0 Å². The second kappa shape index (κ2) is 6.58. The van der Waals surface area contributed by atoms with Gasteiger partial charge in [-0.05, 0) is 49.3 Å². The molecule has 21 heavy (non-hydrogen) atoms. The van der Waals surface area contributed by atoms with Crippen LogP contribution in [-0.4, -0.2) is 19.1 Å². The topological polar surface area (TPSA) is 15.3 Å². The van der Waals surface area contributed by atoms with Gasteiger partial charge in [-0.3, -0.25) is 0 Å². The lowest BCUT2D eigenvalue weighted by Gasteiger charge is -2.36. The van der Waals surface area contributed by atoms with Crippen LogP contribution in [-0.2, 0) is 6.54 Å². The molecule has 3 heteroatoms. The largest absolute Gasteiger partial charge is 0.371 e. The number of rotatable bonds is 5. The molecule has 2 atom stereocenters. The molecule has 2 fully saturated rings. The van der Waals surface area contributed by atoms with Crippen LogP contribution in [0.4, 0.5) is 5.69 Å². The van der Waals surface area contributed by atoms with Crippen LogP contribution in [0.15, 0.2) is 18.2 Å². The molecule has 1 aromatic carbocycles. The maximum absolute atomic E-state index is 6.26. The number of hydrogen-bond acceptors (Lipinski definition) is 2. The third-order valence-corrected chi connectivity index (χ3v) is 5.28.